The molecule has 100 valence electrons. The van der Waals surface area contributed by atoms with Gasteiger partial charge in [0, 0.05) is 17.2 Å². The maximum Gasteiger partial charge on any atom is 0.212 e. The number of pyridine rings is 1. The summed E-state index contributed by atoms with van der Waals surface area (Å²) < 4.78 is 2.26. The van der Waals surface area contributed by atoms with Crippen molar-refractivity contribution in [1.29, 1.82) is 0 Å². The number of aromatic nitrogens is 1. The van der Waals surface area contributed by atoms with Crippen molar-refractivity contribution in [2.24, 2.45) is 13.0 Å². The first-order chi connectivity index (χ1) is 8.99. The van der Waals surface area contributed by atoms with E-state index in [9.17, 15) is 0 Å². The second-order valence-corrected chi connectivity index (χ2v) is 5.89. The molecule has 0 amide bonds. The van der Waals surface area contributed by atoms with Crippen molar-refractivity contribution in [3.63, 3.8) is 0 Å². The highest BCUT2D eigenvalue weighted by Gasteiger charge is 2.15. The lowest BCUT2D eigenvalue weighted by molar-refractivity contribution is -0.660. The Hall–Kier alpha value is -1.63. The molecule has 1 heteroatoms. The van der Waals surface area contributed by atoms with Crippen LogP contribution in [0.3, 0.4) is 0 Å². The summed E-state index contributed by atoms with van der Waals surface area (Å²) in [6.07, 6.45) is 3.44. The van der Waals surface area contributed by atoms with Gasteiger partial charge in [0.25, 0.3) is 0 Å². The quantitative estimate of drug-likeness (QED) is 0.729. The molecule has 1 aromatic carbocycles. The Morgan fingerprint density at radius 1 is 1.05 bits per heavy atom. The molecule has 2 aromatic rings. The van der Waals surface area contributed by atoms with Gasteiger partial charge >= 0.3 is 0 Å². The minimum absolute atomic E-state index is 0.697. The zero-order valence-electron chi connectivity index (χ0n) is 12.7. The van der Waals surface area contributed by atoms with Gasteiger partial charge in [-0.2, -0.15) is 0 Å². The second-order valence-electron chi connectivity index (χ2n) is 5.89. The van der Waals surface area contributed by atoms with E-state index in [0.29, 0.717) is 5.92 Å². The van der Waals surface area contributed by atoms with E-state index in [2.05, 4.69) is 75.8 Å². The third-order valence-electron chi connectivity index (χ3n) is 3.64. The molecular weight excluding hydrogens is 230 g/mol. The number of aryl methyl sites for hydroxylation is 3. The maximum absolute atomic E-state index is 2.32. The lowest BCUT2D eigenvalue weighted by atomic mass is 9.97. The summed E-state index contributed by atoms with van der Waals surface area (Å²) in [5, 5.41) is 0. The molecule has 0 atom stereocenters. The fourth-order valence-electron chi connectivity index (χ4n) is 2.59. The minimum atomic E-state index is 0.697. The van der Waals surface area contributed by atoms with Crippen LogP contribution in [0.5, 0.6) is 0 Å². The standard InChI is InChI=1S/C18H24N/c1-13(2)10-16-12-19(5)18(11-15(16)4)17-9-7-6-8-14(17)3/h6-9,11-13H,10H2,1-5H3/q+1. The van der Waals surface area contributed by atoms with Crippen LogP contribution in [-0.2, 0) is 13.5 Å². The monoisotopic (exact) mass is 254 g/mol. The summed E-state index contributed by atoms with van der Waals surface area (Å²) in [4.78, 5) is 0. The Labute approximate surface area is 116 Å². The van der Waals surface area contributed by atoms with Gasteiger partial charge in [0.2, 0.25) is 5.69 Å². The smallest absolute Gasteiger partial charge is 0.201 e. The molecule has 1 heterocycles. The molecule has 0 aliphatic carbocycles. The summed E-state index contributed by atoms with van der Waals surface area (Å²) in [7, 11) is 2.14. The van der Waals surface area contributed by atoms with Crippen molar-refractivity contribution < 1.29 is 4.57 Å². The van der Waals surface area contributed by atoms with E-state index >= 15 is 0 Å². The van der Waals surface area contributed by atoms with Gasteiger partial charge in [-0.1, -0.05) is 32.0 Å². The lowest BCUT2D eigenvalue weighted by Crippen LogP contribution is -2.32. The van der Waals surface area contributed by atoms with Gasteiger partial charge in [0.15, 0.2) is 6.20 Å². The molecule has 0 N–H and O–H groups in total. The van der Waals surface area contributed by atoms with Crippen molar-refractivity contribution in [3.8, 4) is 11.3 Å². The summed E-state index contributed by atoms with van der Waals surface area (Å²) in [6.45, 7) is 8.94. The summed E-state index contributed by atoms with van der Waals surface area (Å²) in [5.74, 6) is 0.697. The third-order valence-corrected chi connectivity index (χ3v) is 3.64. The molecule has 0 radical (unpaired) electrons. The highest BCUT2D eigenvalue weighted by molar-refractivity contribution is 5.61. The summed E-state index contributed by atoms with van der Waals surface area (Å²) >= 11 is 0. The largest absolute Gasteiger partial charge is 0.212 e. The average molecular weight is 254 g/mol. The van der Waals surface area contributed by atoms with Crippen molar-refractivity contribution in [2.45, 2.75) is 34.1 Å². The number of rotatable bonds is 3. The van der Waals surface area contributed by atoms with Gasteiger partial charge in [-0.05, 0) is 43.4 Å². The van der Waals surface area contributed by atoms with E-state index in [1.165, 1.54) is 27.9 Å². The first-order valence-corrected chi connectivity index (χ1v) is 7.04. The van der Waals surface area contributed by atoms with Crippen LogP contribution in [0.15, 0.2) is 36.5 Å². The summed E-state index contributed by atoms with van der Waals surface area (Å²) in [5.41, 5.74) is 6.79. The Kier molecular flexibility index (Phi) is 4.04. The molecule has 0 saturated heterocycles. The molecule has 1 nitrogen and oxygen atoms in total. The molecule has 19 heavy (non-hydrogen) atoms. The Balaban J connectivity index is 2.50. The number of hydrogen-bond acceptors (Lipinski definition) is 0. The molecule has 1 aromatic heterocycles. The predicted molar refractivity (Wildman–Crippen MR) is 81.1 cm³/mol. The first kappa shape index (κ1) is 13.8. The Bertz CT molecular complexity index is 582. The molecule has 0 aliphatic rings. The second kappa shape index (κ2) is 5.56. The van der Waals surface area contributed by atoms with Crippen LogP contribution in [0.4, 0.5) is 0 Å². The molecule has 0 fully saturated rings. The van der Waals surface area contributed by atoms with Crippen molar-refractivity contribution in [2.75, 3.05) is 0 Å². The fraction of sp³-hybridized carbons (Fsp3) is 0.389. The van der Waals surface area contributed by atoms with Crippen LogP contribution in [0.25, 0.3) is 11.3 Å². The highest BCUT2D eigenvalue weighted by Crippen LogP contribution is 2.22. The summed E-state index contributed by atoms with van der Waals surface area (Å²) in [6, 6.07) is 10.9. The van der Waals surface area contributed by atoms with Gasteiger partial charge in [0.05, 0.1) is 0 Å². The molecule has 0 bridgehead atoms. The zero-order chi connectivity index (χ0) is 14.0. The van der Waals surface area contributed by atoms with Crippen molar-refractivity contribution in [3.05, 3.63) is 53.2 Å². The van der Waals surface area contributed by atoms with E-state index in [1.54, 1.807) is 0 Å². The van der Waals surface area contributed by atoms with E-state index in [4.69, 9.17) is 0 Å². The van der Waals surface area contributed by atoms with E-state index < -0.39 is 0 Å². The highest BCUT2D eigenvalue weighted by atomic mass is 14.9. The zero-order valence-corrected chi connectivity index (χ0v) is 12.7. The van der Waals surface area contributed by atoms with Gasteiger partial charge in [-0.25, -0.2) is 4.57 Å². The SMILES string of the molecule is Cc1cc(-c2ccccc2C)[n+](C)cc1CC(C)C. The topological polar surface area (TPSA) is 3.88 Å². The molecule has 0 spiro atoms. The average Bonchev–Trinajstić information content (AvgIpc) is 2.34. The van der Waals surface area contributed by atoms with E-state index in [1.807, 2.05) is 0 Å². The number of hydrogen-bond donors (Lipinski definition) is 0. The molecule has 0 saturated carbocycles. The Morgan fingerprint density at radius 3 is 2.37 bits per heavy atom. The predicted octanol–water partition coefficient (Wildman–Crippen LogP) is 3.99. The van der Waals surface area contributed by atoms with Crippen molar-refractivity contribution >= 4 is 0 Å². The Morgan fingerprint density at radius 2 is 1.74 bits per heavy atom. The van der Waals surface area contributed by atoms with Gasteiger partial charge in [0.1, 0.15) is 7.05 Å². The van der Waals surface area contributed by atoms with Gasteiger partial charge < -0.3 is 0 Å². The minimum Gasteiger partial charge on any atom is -0.201 e. The van der Waals surface area contributed by atoms with Crippen LogP contribution in [0.2, 0.25) is 0 Å². The van der Waals surface area contributed by atoms with Crippen LogP contribution in [0, 0.1) is 19.8 Å². The van der Waals surface area contributed by atoms with Crippen LogP contribution >= 0.6 is 0 Å². The van der Waals surface area contributed by atoms with E-state index in [0.717, 1.165) is 6.42 Å². The van der Waals surface area contributed by atoms with Crippen LogP contribution < -0.4 is 4.57 Å². The van der Waals surface area contributed by atoms with Gasteiger partial charge in [-0.15, -0.1) is 0 Å². The maximum atomic E-state index is 2.32. The number of nitrogens with zero attached hydrogens (tertiary/aromatic N) is 1. The van der Waals surface area contributed by atoms with Crippen molar-refractivity contribution in [1.82, 2.24) is 0 Å². The normalized spacial score (nSPS) is 11.1. The molecule has 2 rings (SSSR count). The number of benzene rings is 1. The fourth-order valence-corrected chi connectivity index (χ4v) is 2.59. The molecule has 0 aliphatic heterocycles. The van der Waals surface area contributed by atoms with Crippen LogP contribution in [0.1, 0.15) is 30.5 Å². The molecular formula is C18H24N+. The first-order valence-electron chi connectivity index (χ1n) is 7.04. The van der Waals surface area contributed by atoms with Crippen LogP contribution in [-0.4, -0.2) is 0 Å². The van der Waals surface area contributed by atoms with Gasteiger partial charge in [-0.3, -0.25) is 0 Å². The lowest BCUT2D eigenvalue weighted by Gasteiger charge is -2.10. The van der Waals surface area contributed by atoms with E-state index in [-0.39, 0.29) is 0 Å². The third kappa shape index (κ3) is 3.04. The molecule has 0 unspecified atom stereocenters.